The lowest BCUT2D eigenvalue weighted by Gasteiger charge is -2.36. The monoisotopic (exact) mass is 279 g/mol. The normalized spacial score (nSPS) is 24.3. The molecule has 114 valence electrons. The second-order valence-corrected chi connectivity index (χ2v) is 7.50. The molecule has 1 heterocycles. The van der Waals surface area contributed by atoms with Crippen molar-refractivity contribution in [2.45, 2.75) is 78.8 Å². The second-order valence-electron chi connectivity index (χ2n) is 7.50. The summed E-state index contributed by atoms with van der Waals surface area (Å²) in [7, 11) is 0. The Morgan fingerprint density at radius 1 is 1.20 bits per heavy atom. The second kappa shape index (κ2) is 6.25. The Morgan fingerprint density at radius 3 is 2.40 bits per heavy atom. The van der Waals surface area contributed by atoms with Crippen LogP contribution >= 0.6 is 0 Å². The summed E-state index contributed by atoms with van der Waals surface area (Å²) in [5.41, 5.74) is 0.425. The van der Waals surface area contributed by atoms with E-state index < -0.39 is 0 Å². The van der Waals surface area contributed by atoms with E-state index in [1.54, 1.807) is 0 Å². The van der Waals surface area contributed by atoms with Crippen molar-refractivity contribution in [3.63, 3.8) is 0 Å². The van der Waals surface area contributed by atoms with Crippen LogP contribution in [-0.4, -0.2) is 16.2 Å². The minimum atomic E-state index is 0.425. The molecule has 1 aliphatic carbocycles. The zero-order chi connectivity index (χ0) is 14.8. The van der Waals surface area contributed by atoms with Gasteiger partial charge in [0.05, 0.1) is 6.54 Å². The van der Waals surface area contributed by atoms with Crippen LogP contribution in [0.1, 0.15) is 77.9 Å². The maximum atomic E-state index is 5.34. The first kappa shape index (κ1) is 15.5. The van der Waals surface area contributed by atoms with Crippen LogP contribution in [0.5, 0.6) is 0 Å². The fraction of sp³-hybridized carbons (Fsp3) is 0.875. The molecule has 0 spiro atoms. The summed E-state index contributed by atoms with van der Waals surface area (Å²) in [6, 6.07) is 0.438. The molecular weight excluding hydrogens is 250 g/mol. The Hall–Kier alpha value is -0.900. The Bertz CT molecular complexity index is 412. The van der Waals surface area contributed by atoms with E-state index in [-0.39, 0.29) is 0 Å². The molecule has 0 aliphatic heterocycles. The van der Waals surface area contributed by atoms with Gasteiger partial charge in [0, 0.05) is 12.0 Å². The highest BCUT2D eigenvalue weighted by atomic mass is 16.5. The molecule has 0 saturated heterocycles. The Kier molecular flexibility index (Phi) is 4.84. The molecule has 0 amide bonds. The zero-order valence-electron chi connectivity index (χ0n) is 13.6. The van der Waals surface area contributed by atoms with Crippen molar-refractivity contribution < 1.29 is 4.52 Å². The fourth-order valence-electron chi connectivity index (χ4n) is 3.01. The van der Waals surface area contributed by atoms with Crippen LogP contribution < -0.4 is 5.32 Å². The SMILES string of the molecule is CC(C)NCc1nc(C2CCC(C(C)(C)C)CC2)no1. The standard InChI is InChI=1S/C16H29N3O/c1-11(2)17-10-14-18-15(19-20-14)12-6-8-13(9-7-12)16(3,4)5/h11-13,17H,6-10H2,1-5H3. The van der Waals surface area contributed by atoms with Crippen LogP contribution in [0.4, 0.5) is 0 Å². The highest BCUT2D eigenvalue weighted by molar-refractivity contribution is 4.98. The van der Waals surface area contributed by atoms with Gasteiger partial charge in [0.15, 0.2) is 5.82 Å². The summed E-state index contributed by atoms with van der Waals surface area (Å²) >= 11 is 0. The first-order chi connectivity index (χ1) is 9.36. The van der Waals surface area contributed by atoms with Gasteiger partial charge in [-0.2, -0.15) is 4.98 Å². The van der Waals surface area contributed by atoms with E-state index >= 15 is 0 Å². The van der Waals surface area contributed by atoms with E-state index in [2.05, 4.69) is 50.1 Å². The zero-order valence-corrected chi connectivity index (χ0v) is 13.6. The molecule has 0 aromatic carbocycles. The van der Waals surface area contributed by atoms with Crippen LogP contribution in [-0.2, 0) is 6.54 Å². The van der Waals surface area contributed by atoms with Gasteiger partial charge in [-0.3, -0.25) is 0 Å². The Morgan fingerprint density at radius 2 is 1.85 bits per heavy atom. The van der Waals surface area contributed by atoms with Gasteiger partial charge in [-0.1, -0.05) is 39.8 Å². The van der Waals surface area contributed by atoms with Crippen LogP contribution in [0.25, 0.3) is 0 Å². The lowest BCUT2D eigenvalue weighted by molar-refractivity contribution is 0.166. The van der Waals surface area contributed by atoms with E-state index in [0.29, 0.717) is 29.8 Å². The maximum absolute atomic E-state index is 5.34. The molecule has 0 atom stereocenters. The molecule has 4 heteroatoms. The average Bonchev–Trinajstić information content (AvgIpc) is 2.84. The molecule has 1 aromatic heterocycles. The number of rotatable bonds is 4. The van der Waals surface area contributed by atoms with Gasteiger partial charge in [0.1, 0.15) is 0 Å². The molecule has 4 nitrogen and oxygen atoms in total. The van der Waals surface area contributed by atoms with E-state index in [1.807, 2.05) is 0 Å². The predicted molar refractivity (Wildman–Crippen MR) is 80.4 cm³/mol. The first-order valence-corrected chi connectivity index (χ1v) is 7.92. The number of hydrogen-bond acceptors (Lipinski definition) is 4. The predicted octanol–water partition coefficient (Wildman–Crippen LogP) is 3.89. The van der Waals surface area contributed by atoms with Gasteiger partial charge in [0.2, 0.25) is 5.89 Å². The number of aromatic nitrogens is 2. The highest BCUT2D eigenvalue weighted by Crippen LogP contribution is 2.42. The lowest BCUT2D eigenvalue weighted by Crippen LogP contribution is -2.25. The molecule has 0 radical (unpaired) electrons. The Labute approximate surface area is 122 Å². The Balaban J connectivity index is 1.88. The van der Waals surface area contributed by atoms with E-state index in [9.17, 15) is 0 Å². The van der Waals surface area contributed by atoms with Gasteiger partial charge >= 0.3 is 0 Å². The van der Waals surface area contributed by atoms with E-state index in [1.165, 1.54) is 25.7 Å². The molecule has 1 fully saturated rings. The summed E-state index contributed by atoms with van der Waals surface area (Å²) in [6.07, 6.45) is 4.95. The topological polar surface area (TPSA) is 51.0 Å². The highest BCUT2D eigenvalue weighted by Gasteiger charge is 2.31. The van der Waals surface area contributed by atoms with Gasteiger partial charge < -0.3 is 9.84 Å². The van der Waals surface area contributed by atoms with Crippen molar-refractivity contribution in [2.75, 3.05) is 0 Å². The third kappa shape index (κ3) is 4.05. The quantitative estimate of drug-likeness (QED) is 0.908. The molecule has 20 heavy (non-hydrogen) atoms. The van der Waals surface area contributed by atoms with Crippen molar-refractivity contribution >= 4 is 0 Å². The van der Waals surface area contributed by atoms with Crippen LogP contribution in [0.2, 0.25) is 0 Å². The van der Waals surface area contributed by atoms with Crippen molar-refractivity contribution in [3.8, 4) is 0 Å². The largest absolute Gasteiger partial charge is 0.338 e. The molecule has 1 saturated carbocycles. The summed E-state index contributed by atoms with van der Waals surface area (Å²) in [4.78, 5) is 4.55. The van der Waals surface area contributed by atoms with Gasteiger partial charge in [-0.05, 0) is 37.0 Å². The van der Waals surface area contributed by atoms with Crippen molar-refractivity contribution in [1.29, 1.82) is 0 Å². The number of nitrogens with zero attached hydrogens (tertiary/aromatic N) is 2. The molecule has 1 aliphatic rings. The van der Waals surface area contributed by atoms with Gasteiger partial charge in [-0.25, -0.2) is 0 Å². The average molecular weight is 279 g/mol. The summed E-state index contributed by atoms with van der Waals surface area (Å²) in [5, 5.41) is 7.49. The van der Waals surface area contributed by atoms with E-state index in [4.69, 9.17) is 4.52 Å². The van der Waals surface area contributed by atoms with Crippen molar-refractivity contribution in [2.24, 2.45) is 11.3 Å². The third-order valence-corrected chi connectivity index (χ3v) is 4.46. The molecule has 1 aromatic rings. The van der Waals surface area contributed by atoms with Gasteiger partial charge in [0.25, 0.3) is 0 Å². The number of nitrogens with one attached hydrogen (secondary N) is 1. The van der Waals surface area contributed by atoms with Crippen molar-refractivity contribution in [1.82, 2.24) is 15.5 Å². The molecular formula is C16H29N3O. The first-order valence-electron chi connectivity index (χ1n) is 7.92. The van der Waals surface area contributed by atoms with Gasteiger partial charge in [-0.15, -0.1) is 0 Å². The smallest absolute Gasteiger partial charge is 0.240 e. The summed E-state index contributed by atoms with van der Waals surface area (Å²) in [5.74, 6) is 2.95. The minimum absolute atomic E-state index is 0.425. The maximum Gasteiger partial charge on any atom is 0.240 e. The van der Waals surface area contributed by atoms with Crippen LogP contribution in [0.3, 0.4) is 0 Å². The minimum Gasteiger partial charge on any atom is -0.338 e. The molecule has 2 rings (SSSR count). The van der Waals surface area contributed by atoms with E-state index in [0.717, 1.165) is 11.7 Å². The van der Waals surface area contributed by atoms with Crippen LogP contribution in [0, 0.1) is 11.3 Å². The molecule has 1 N–H and O–H groups in total. The molecule has 0 unspecified atom stereocenters. The third-order valence-electron chi connectivity index (χ3n) is 4.46. The molecule has 0 bridgehead atoms. The van der Waals surface area contributed by atoms with Crippen molar-refractivity contribution in [3.05, 3.63) is 11.7 Å². The number of hydrogen-bond donors (Lipinski definition) is 1. The van der Waals surface area contributed by atoms with Crippen LogP contribution in [0.15, 0.2) is 4.52 Å². The lowest BCUT2D eigenvalue weighted by atomic mass is 9.70. The fourth-order valence-corrected chi connectivity index (χ4v) is 3.01. The summed E-state index contributed by atoms with van der Waals surface area (Å²) in [6.45, 7) is 11.9. The summed E-state index contributed by atoms with van der Waals surface area (Å²) < 4.78 is 5.34.